The normalized spacial score (nSPS) is 22.6. The Morgan fingerprint density at radius 3 is 2.71 bits per heavy atom. The molecule has 6 heteroatoms. The molecule has 2 rings (SSSR count). The van der Waals surface area contributed by atoms with Crippen molar-refractivity contribution in [1.82, 2.24) is 10.0 Å². The molecule has 0 aromatic heterocycles. The molecule has 21 heavy (non-hydrogen) atoms. The second kappa shape index (κ2) is 6.44. The molecule has 0 spiro atoms. The van der Waals surface area contributed by atoms with Gasteiger partial charge in [0.05, 0.1) is 17.0 Å². The van der Waals surface area contributed by atoms with Gasteiger partial charge >= 0.3 is 0 Å². The number of nitrogens with one attached hydrogen (secondary N) is 2. The molecular weight excluding hydrogens is 288 g/mol. The highest BCUT2D eigenvalue weighted by molar-refractivity contribution is 7.89. The fourth-order valence-corrected chi connectivity index (χ4v) is 4.37. The molecule has 0 saturated carbocycles. The van der Waals surface area contributed by atoms with Gasteiger partial charge in [-0.1, -0.05) is 19.1 Å². The van der Waals surface area contributed by atoms with Gasteiger partial charge in [0.2, 0.25) is 10.0 Å². The van der Waals surface area contributed by atoms with E-state index in [-0.39, 0.29) is 0 Å². The molecule has 0 amide bonds. The van der Waals surface area contributed by atoms with Crippen molar-refractivity contribution < 1.29 is 13.2 Å². The summed E-state index contributed by atoms with van der Waals surface area (Å²) in [5.74, 6) is 0. The molecule has 0 radical (unpaired) electrons. The van der Waals surface area contributed by atoms with Crippen LogP contribution in [-0.4, -0.2) is 34.2 Å². The molecule has 1 atom stereocenters. The number of hydrogen-bond donors (Lipinski definition) is 2. The standard InChI is InChI=1S/C15H24N2O3S/c1-4-13-6-5-12(10-16-3)9-14(13)21(18,19)17-15(2)7-8-20-11-15/h5-6,9,16-17H,4,7-8,10-11H2,1-3H3. The smallest absolute Gasteiger partial charge is 0.241 e. The first-order chi connectivity index (χ1) is 9.90. The van der Waals surface area contributed by atoms with Gasteiger partial charge in [0.25, 0.3) is 0 Å². The summed E-state index contributed by atoms with van der Waals surface area (Å²) in [5, 5.41) is 3.05. The molecule has 1 fully saturated rings. The topological polar surface area (TPSA) is 67.4 Å². The Balaban J connectivity index is 2.35. The van der Waals surface area contributed by atoms with Gasteiger partial charge in [0, 0.05) is 13.2 Å². The molecule has 5 nitrogen and oxygen atoms in total. The third-order valence-electron chi connectivity index (χ3n) is 3.78. The number of aryl methyl sites for hydroxylation is 1. The van der Waals surface area contributed by atoms with Crippen molar-refractivity contribution >= 4 is 10.0 Å². The summed E-state index contributed by atoms with van der Waals surface area (Å²) in [6.45, 7) is 5.52. The van der Waals surface area contributed by atoms with Crippen LogP contribution in [0.5, 0.6) is 0 Å². The van der Waals surface area contributed by atoms with Gasteiger partial charge in [-0.3, -0.25) is 0 Å². The lowest BCUT2D eigenvalue weighted by Gasteiger charge is -2.24. The van der Waals surface area contributed by atoms with Crippen LogP contribution in [0.1, 0.15) is 31.4 Å². The van der Waals surface area contributed by atoms with Crippen molar-refractivity contribution in [2.45, 2.75) is 43.7 Å². The van der Waals surface area contributed by atoms with Crippen LogP contribution in [0.2, 0.25) is 0 Å². The van der Waals surface area contributed by atoms with Crippen LogP contribution in [0.15, 0.2) is 23.1 Å². The molecule has 1 unspecified atom stereocenters. The predicted octanol–water partition coefficient (Wildman–Crippen LogP) is 1.43. The van der Waals surface area contributed by atoms with Gasteiger partial charge in [0.1, 0.15) is 0 Å². The van der Waals surface area contributed by atoms with Crippen molar-refractivity contribution in [3.8, 4) is 0 Å². The summed E-state index contributed by atoms with van der Waals surface area (Å²) in [5.41, 5.74) is 1.29. The molecule has 1 heterocycles. The largest absolute Gasteiger partial charge is 0.379 e. The minimum Gasteiger partial charge on any atom is -0.379 e. The fourth-order valence-electron chi connectivity index (χ4n) is 2.58. The minimum absolute atomic E-state index is 0.380. The van der Waals surface area contributed by atoms with Crippen molar-refractivity contribution in [2.24, 2.45) is 0 Å². The van der Waals surface area contributed by atoms with Crippen LogP contribution in [0.4, 0.5) is 0 Å². The van der Waals surface area contributed by atoms with E-state index in [9.17, 15) is 8.42 Å². The van der Waals surface area contributed by atoms with Gasteiger partial charge in [-0.2, -0.15) is 0 Å². The number of ether oxygens (including phenoxy) is 1. The van der Waals surface area contributed by atoms with E-state index in [1.807, 2.05) is 33.0 Å². The molecular formula is C15H24N2O3S. The maximum Gasteiger partial charge on any atom is 0.241 e. The van der Waals surface area contributed by atoms with E-state index >= 15 is 0 Å². The van der Waals surface area contributed by atoms with Crippen molar-refractivity contribution in [1.29, 1.82) is 0 Å². The minimum atomic E-state index is -3.54. The van der Waals surface area contributed by atoms with E-state index in [1.54, 1.807) is 6.07 Å². The van der Waals surface area contributed by atoms with E-state index in [4.69, 9.17) is 4.74 Å². The predicted molar refractivity (Wildman–Crippen MR) is 82.7 cm³/mol. The third kappa shape index (κ3) is 3.83. The van der Waals surface area contributed by atoms with Crippen LogP contribution >= 0.6 is 0 Å². The molecule has 118 valence electrons. The third-order valence-corrected chi connectivity index (χ3v) is 5.50. The fraction of sp³-hybridized carbons (Fsp3) is 0.600. The summed E-state index contributed by atoms with van der Waals surface area (Å²) in [7, 11) is -1.70. The average Bonchev–Trinajstić information content (AvgIpc) is 2.84. The highest BCUT2D eigenvalue weighted by Gasteiger charge is 2.35. The number of hydrogen-bond acceptors (Lipinski definition) is 4. The van der Waals surface area contributed by atoms with E-state index in [0.29, 0.717) is 37.5 Å². The summed E-state index contributed by atoms with van der Waals surface area (Å²) >= 11 is 0. The molecule has 2 N–H and O–H groups in total. The molecule has 1 aliphatic heterocycles. The Morgan fingerprint density at radius 1 is 1.38 bits per heavy atom. The Kier molecular flexibility index (Phi) is 5.03. The van der Waals surface area contributed by atoms with Gasteiger partial charge in [-0.05, 0) is 44.0 Å². The number of rotatable bonds is 6. The quantitative estimate of drug-likeness (QED) is 0.834. The average molecular weight is 312 g/mol. The summed E-state index contributed by atoms with van der Waals surface area (Å²) in [6.07, 6.45) is 1.38. The Labute approximate surface area is 127 Å². The van der Waals surface area contributed by atoms with Crippen LogP contribution in [0, 0.1) is 0 Å². The van der Waals surface area contributed by atoms with E-state index < -0.39 is 15.6 Å². The SMILES string of the molecule is CCc1ccc(CNC)cc1S(=O)(=O)NC1(C)CCOC1. The monoisotopic (exact) mass is 312 g/mol. The summed E-state index contributed by atoms with van der Waals surface area (Å²) in [4.78, 5) is 0.380. The Bertz CT molecular complexity index is 593. The zero-order valence-electron chi connectivity index (χ0n) is 12.9. The maximum absolute atomic E-state index is 12.7. The van der Waals surface area contributed by atoms with Crippen molar-refractivity contribution in [3.05, 3.63) is 29.3 Å². The second-order valence-electron chi connectivity index (χ2n) is 5.79. The van der Waals surface area contributed by atoms with Crippen molar-refractivity contribution in [3.63, 3.8) is 0 Å². The van der Waals surface area contributed by atoms with Gasteiger partial charge in [-0.25, -0.2) is 13.1 Å². The van der Waals surface area contributed by atoms with E-state index in [0.717, 1.165) is 11.1 Å². The van der Waals surface area contributed by atoms with E-state index in [2.05, 4.69) is 10.0 Å². The first-order valence-electron chi connectivity index (χ1n) is 7.28. The molecule has 1 aromatic carbocycles. The molecule has 0 bridgehead atoms. The van der Waals surface area contributed by atoms with Crippen LogP contribution in [-0.2, 0) is 27.7 Å². The Morgan fingerprint density at radius 2 is 2.14 bits per heavy atom. The van der Waals surface area contributed by atoms with E-state index in [1.165, 1.54) is 0 Å². The van der Waals surface area contributed by atoms with Crippen LogP contribution in [0.25, 0.3) is 0 Å². The van der Waals surface area contributed by atoms with Gasteiger partial charge in [-0.15, -0.1) is 0 Å². The first kappa shape index (κ1) is 16.4. The zero-order chi connectivity index (χ0) is 15.5. The lowest BCUT2D eigenvalue weighted by atomic mass is 10.0. The summed E-state index contributed by atoms with van der Waals surface area (Å²) in [6, 6.07) is 5.63. The van der Waals surface area contributed by atoms with Crippen LogP contribution in [0.3, 0.4) is 0 Å². The Hall–Kier alpha value is -0.950. The number of sulfonamides is 1. The molecule has 1 aromatic rings. The number of benzene rings is 1. The zero-order valence-corrected chi connectivity index (χ0v) is 13.7. The first-order valence-corrected chi connectivity index (χ1v) is 8.77. The van der Waals surface area contributed by atoms with Gasteiger partial charge < -0.3 is 10.1 Å². The lowest BCUT2D eigenvalue weighted by Crippen LogP contribution is -2.46. The highest BCUT2D eigenvalue weighted by Crippen LogP contribution is 2.24. The lowest BCUT2D eigenvalue weighted by molar-refractivity contribution is 0.178. The van der Waals surface area contributed by atoms with Gasteiger partial charge in [0.15, 0.2) is 0 Å². The molecule has 1 aliphatic rings. The van der Waals surface area contributed by atoms with Crippen molar-refractivity contribution in [2.75, 3.05) is 20.3 Å². The summed E-state index contributed by atoms with van der Waals surface area (Å²) < 4.78 is 33.6. The van der Waals surface area contributed by atoms with Crippen LogP contribution < -0.4 is 10.0 Å². The highest BCUT2D eigenvalue weighted by atomic mass is 32.2. The maximum atomic E-state index is 12.7. The molecule has 0 aliphatic carbocycles. The molecule has 1 saturated heterocycles. The second-order valence-corrected chi connectivity index (χ2v) is 7.45.